The highest BCUT2D eigenvalue weighted by Crippen LogP contribution is 2.32. The summed E-state index contributed by atoms with van der Waals surface area (Å²) in [4.78, 5) is 18.9. The van der Waals surface area contributed by atoms with E-state index >= 15 is 0 Å². The molecule has 1 aliphatic heterocycles. The second kappa shape index (κ2) is 6.76. The van der Waals surface area contributed by atoms with E-state index in [1.807, 2.05) is 60.7 Å². The number of carbonyl (C=O) groups is 1. The minimum atomic E-state index is -0.186. The van der Waals surface area contributed by atoms with Crippen LogP contribution < -0.4 is 5.32 Å². The molecule has 1 atom stereocenters. The Morgan fingerprint density at radius 3 is 2.56 bits per heavy atom. The highest BCUT2D eigenvalue weighted by Gasteiger charge is 2.34. The van der Waals surface area contributed by atoms with Crippen LogP contribution in [0.3, 0.4) is 0 Å². The van der Waals surface area contributed by atoms with Crippen LogP contribution in [0.4, 0.5) is 10.5 Å². The van der Waals surface area contributed by atoms with E-state index in [9.17, 15) is 4.79 Å². The predicted molar refractivity (Wildman–Crippen MR) is 93.9 cm³/mol. The van der Waals surface area contributed by atoms with E-state index in [4.69, 9.17) is 4.52 Å². The largest absolute Gasteiger partial charge is 0.337 e. The van der Waals surface area contributed by atoms with Crippen LogP contribution >= 0.6 is 0 Å². The molecule has 6 nitrogen and oxygen atoms in total. The number of aromatic nitrogens is 2. The van der Waals surface area contributed by atoms with Crippen molar-refractivity contribution in [2.45, 2.75) is 18.9 Å². The van der Waals surface area contributed by atoms with E-state index in [2.05, 4.69) is 15.5 Å². The molecule has 1 unspecified atom stereocenters. The number of likely N-dealkylation sites (tertiary alicyclic amines) is 1. The van der Waals surface area contributed by atoms with Gasteiger partial charge in [0.05, 0.1) is 0 Å². The summed E-state index contributed by atoms with van der Waals surface area (Å²) < 4.78 is 5.45. The Labute approximate surface area is 145 Å². The number of hydrogen-bond acceptors (Lipinski definition) is 4. The molecule has 3 aromatic rings. The Morgan fingerprint density at radius 2 is 1.80 bits per heavy atom. The Hall–Kier alpha value is -3.15. The lowest BCUT2D eigenvalue weighted by Gasteiger charge is -2.22. The first-order valence-electron chi connectivity index (χ1n) is 8.33. The fraction of sp³-hybridized carbons (Fsp3) is 0.211. The summed E-state index contributed by atoms with van der Waals surface area (Å²) >= 11 is 0. The SMILES string of the molecule is O=C(Nc1ccccc1)N1CCCC1c1nc(-c2ccccc2)no1. The van der Waals surface area contributed by atoms with Crippen LogP contribution in [0.25, 0.3) is 11.4 Å². The quantitative estimate of drug-likeness (QED) is 0.782. The molecule has 25 heavy (non-hydrogen) atoms. The van der Waals surface area contributed by atoms with Crippen LogP contribution in [0.2, 0.25) is 0 Å². The molecule has 2 amide bonds. The standard InChI is InChI=1S/C19H18N4O2/c24-19(20-15-10-5-2-6-11-15)23-13-7-12-16(23)18-21-17(22-25-18)14-8-3-1-4-9-14/h1-6,8-11,16H,7,12-13H2,(H,20,24). The summed E-state index contributed by atoms with van der Waals surface area (Å²) in [6.07, 6.45) is 1.73. The van der Waals surface area contributed by atoms with Crippen molar-refractivity contribution in [2.24, 2.45) is 0 Å². The van der Waals surface area contributed by atoms with E-state index in [1.54, 1.807) is 4.90 Å². The first-order valence-corrected chi connectivity index (χ1v) is 8.33. The molecule has 1 N–H and O–H groups in total. The van der Waals surface area contributed by atoms with Gasteiger partial charge in [-0.3, -0.25) is 0 Å². The molecule has 126 valence electrons. The number of anilines is 1. The van der Waals surface area contributed by atoms with Crippen molar-refractivity contribution in [1.82, 2.24) is 15.0 Å². The van der Waals surface area contributed by atoms with E-state index in [0.29, 0.717) is 18.3 Å². The molecular formula is C19H18N4O2. The molecule has 2 aromatic carbocycles. The maximum absolute atomic E-state index is 12.6. The number of urea groups is 1. The summed E-state index contributed by atoms with van der Waals surface area (Å²) in [7, 11) is 0. The normalized spacial score (nSPS) is 16.8. The van der Waals surface area contributed by atoms with Gasteiger partial charge < -0.3 is 14.7 Å². The molecule has 1 aromatic heterocycles. The molecule has 0 saturated carbocycles. The van der Waals surface area contributed by atoms with Gasteiger partial charge in [0, 0.05) is 17.8 Å². The molecule has 0 aliphatic carbocycles. The molecule has 0 spiro atoms. The van der Waals surface area contributed by atoms with Crippen LogP contribution in [0.5, 0.6) is 0 Å². The van der Waals surface area contributed by atoms with E-state index in [0.717, 1.165) is 24.1 Å². The maximum Gasteiger partial charge on any atom is 0.322 e. The van der Waals surface area contributed by atoms with E-state index in [1.165, 1.54) is 0 Å². The van der Waals surface area contributed by atoms with Crippen molar-refractivity contribution >= 4 is 11.7 Å². The average molecular weight is 334 g/mol. The van der Waals surface area contributed by atoms with Crippen molar-refractivity contribution in [3.63, 3.8) is 0 Å². The van der Waals surface area contributed by atoms with Gasteiger partial charge in [-0.05, 0) is 25.0 Å². The van der Waals surface area contributed by atoms with Gasteiger partial charge in [-0.15, -0.1) is 0 Å². The molecular weight excluding hydrogens is 316 g/mol. The second-order valence-corrected chi connectivity index (χ2v) is 5.97. The number of para-hydroxylation sites is 1. The number of carbonyl (C=O) groups excluding carboxylic acids is 1. The van der Waals surface area contributed by atoms with Gasteiger partial charge in [-0.25, -0.2) is 4.79 Å². The van der Waals surface area contributed by atoms with Gasteiger partial charge in [0.25, 0.3) is 0 Å². The Kier molecular flexibility index (Phi) is 4.16. The van der Waals surface area contributed by atoms with Crippen LogP contribution in [0.1, 0.15) is 24.8 Å². The highest BCUT2D eigenvalue weighted by atomic mass is 16.5. The molecule has 2 heterocycles. The summed E-state index contributed by atoms with van der Waals surface area (Å²) in [5, 5.41) is 6.98. The summed E-state index contributed by atoms with van der Waals surface area (Å²) in [5.41, 5.74) is 1.67. The average Bonchev–Trinajstić information content (AvgIpc) is 3.32. The minimum absolute atomic E-state index is 0.145. The van der Waals surface area contributed by atoms with Gasteiger partial charge in [0.15, 0.2) is 0 Å². The van der Waals surface area contributed by atoms with Crippen molar-refractivity contribution in [2.75, 3.05) is 11.9 Å². The topological polar surface area (TPSA) is 71.3 Å². The molecule has 0 radical (unpaired) electrons. The third kappa shape index (κ3) is 3.24. The zero-order chi connectivity index (χ0) is 17.1. The van der Waals surface area contributed by atoms with E-state index < -0.39 is 0 Å². The second-order valence-electron chi connectivity index (χ2n) is 5.97. The fourth-order valence-electron chi connectivity index (χ4n) is 3.06. The van der Waals surface area contributed by atoms with Crippen molar-refractivity contribution in [3.8, 4) is 11.4 Å². The first kappa shape index (κ1) is 15.4. The van der Waals surface area contributed by atoms with Gasteiger partial charge in [0.2, 0.25) is 11.7 Å². The lowest BCUT2D eigenvalue weighted by Crippen LogP contribution is -2.34. The summed E-state index contributed by atoms with van der Waals surface area (Å²) in [6.45, 7) is 0.673. The Balaban J connectivity index is 1.52. The first-order chi connectivity index (χ1) is 12.3. The predicted octanol–water partition coefficient (Wildman–Crippen LogP) is 4.11. The zero-order valence-corrected chi connectivity index (χ0v) is 13.6. The highest BCUT2D eigenvalue weighted by molar-refractivity contribution is 5.89. The van der Waals surface area contributed by atoms with Gasteiger partial charge >= 0.3 is 6.03 Å². The summed E-state index contributed by atoms with van der Waals surface area (Å²) in [5.74, 6) is 1.03. The number of rotatable bonds is 3. The smallest absolute Gasteiger partial charge is 0.322 e. The molecule has 1 saturated heterocycles. The monoisotopic (exact) mass is 334 g/mol. The Morgan fingerprint density at radius 1 is 1.08 bits per heavy atom. The van der Waals surface area contributed by atoms with Crippen molar-refractivity contribution < 1.29 is 9.32 Å². The fourth-order valence-corrected chi connectivity index (χ4v) is 3.06. The van der Waals surface area contributed by atoms with Gasteiger partial charge in [0.1, 0.15) is 6.04 Å². The maximum atomic E-state index is 12.6. The number of amides is 2. The van der Waals surface area contributed by atoms with E-state index in [-0.39, 0.29) is 12.1 Å². The number of nitrogens with zero attached hydrogens (tertiary/aromatic N) is 3. The summed E-state index contributed by atoms with van der Waals surface area (Å²) in [6, 6.07) is 18.8. The number of hydrogen-bond donors (Lipinski definition) is 1. The minimum Gasteiger partial charge on any atom is -0.337 e. The van der Waals surface area contributed by atoms with Crippen LogP contribution in [-0.2, 0) is 0 Å². The molecule has 1 aliphatic rings. The van der Waals surface area contributed by atoms with Gasteiger partial charge in [-0.2, -0.15) is 4.98 Å². The molecule has 1 fully saturated rings. The number of benzene rings is 2. The lowest BCUT2D eigenvalue weighted by molar-refractivity contribution is 0.193. The van der Waals surface area contributed by atoms with Crippen molar-refractivity contribution in [3.05, 3.63) is 66.6 Å². The molecule has 0 bridgehead atoms. The Bertz CT molecular complexity index is 848. The van der Waals surface area contributed by atoms with Crippen molar-refractivity contribution in [1.29, 1.82) is 0 Å². The zero-order valence-electron chi connectivity index (χ0n) is 13.6. The van der Waals surface area contributed by atoms with Gasteiger partial charge in [-0.1, -0.05) is 53.7 Å². The third-order valence-corrected chi connectivity index (χ3v) is 4.30. The van der Waals surface area contributed by atoms with Crippen LogP contribution in [-0.4, -0.2) is 27.6 Å². The number of nitrogens with one attached hydrogen (secondary N) is 1. The lowest BCUT2D eigenvalue weighted by atomic mass is 10.2. The van der Waals surface area contributed by atoms with Crippen LogP contribution in [0.15, 0.2) is 65.2 Å². The van der Waals surface area contributed by atoms with Crippen LogP contribution in [0, 0.1) is 0 Å². The molecule has 6 heteroatoms. The third-order valence-electron chi connectivity index (χ3n) is 4.30. The molecule has 4 rings (SSSR count).